The molecule has 2 N–H and O–H groups in total. The Balaban J connectivity index is 2.03. The van der Waals surface area contributed by atoms with Gasteiger partial charge in [-0.3, -0.25) is 4.79 Å². The minimum absolute atomic E-state index is 0.0447. The maximum Gasteiger partial charge on any atom is 0.241 e. The van der Waals surface area contributed by atoms with Gasteiger partial charge in [0.15, 0.2) is 11.6 Å². The Morgan fingerprint density at radius 2 is 1.64 bits per heavy atom. The van der Waals surface area contributed by atoms with Crippen molar-refractivity contribution in [1.29, 1.82) is 0 Å². The second-order valence-electron chi connectivity index (χ2n) is 5.56. The predicted octanol–water partition coefficient (Wildman–Crippen LogP) is 2.51. The molecule has 134 valence electrons. The molecule has 0 aliphatic rings. The summed E-state index contributed by atoms with van der Waals surface area (Å²) >= 11 is 0. The molecular formula is C17H18F2N2O3S. The van der Waals surface area contributed by atoms with Crippen molar-refractivity contribution in [3.8, 4) is 0 Å². The second kappa shape index (κ2) is 7.71. The predicted molar refractivity (Wildman–Crippen MR) is 89.1 cm³/mol. The van der Waals surface area contributed by atoms with Crippen LogP contribution in [0.2, 0.25) is 0 Å². The molecule has 0 bridgehead atoms. The van der Waals surface area contributed by atoms with Gasteiger partial charge in [-0.1, -0.05) is 24.3 Å². The van der Waals surface area contributed by atoms with Crippen LogP contribution in [0.25, 0.3) is 0 Å². The largest absolute Gasteiger partial charge is 0.348 e. The Bertz CT molecular complexity index is 857. The number of amides is 1. The lowest BCUT2D eigenvalue weighted by molar-refractivity contribution is -0.123. The highest BCUT2D eigenvalue weighted by Crippen LogP contribution is 2.16. The van der Waals surface area contributed by atoms with Crippen molar-refractivity contribution in [3.63, 3.8) is 0 Å². The summed E-state index contributed by atoms with van der Waals surface area (Å²) in [5, 5.41) is 2.56. The lowest BCUT2D eigenvalue weighted by atomic mass is 10.1. The van der Waals surface area contributed by atoms with Crippen LogP contribution in [0.5, 0.6) is 0 Å². The number of halogens is 2. The lowest BCUT2D eigenvalue weighted by Gasteiger charge is -2.19. The fraction of sp³-hybridized carbons (Fsp3) is 0.235. The van der Waals surface area contributed by atoms with Crippen LogP contribution in [-0.4, -0.2) is 20.4 Å². The van der Waals surface area contributed by atoms with Crippen molar-refractivity contribution in [2.24, 2.45) is 0 Å². The van der Waals surface area contributed by atoms with Crippen molar-refractivity contribution >= 4 is 15.9 Å². The molecule has 8 heteroatoms. The number of carbonyl (C=O) groups is 1. The SMILES string of the molecule is CC(NS(=O)(=O)c1ccccc1)C(=O)NC(C)c1ccc(F)c(F)c1. The molecule has 0 heterocycles. The summed E-state index contributed by atoms with van der Waals surface area (Å²) in [5.41, 5.74) is 0.366. The third-order valence-corrected chi connectivity index (χ3v) is 5.14. The molecule has 0 aliphatic heterocycles. The molecule has 0 spiro atoms. The van der Waals surface area contributed by atoms with Crippen molar-refractivity contribution in [1.82, 2.24) is 10.0 Å². The highest BCUT2D eigenvalue weighted by Gasteiger charge is 2.23. The fourth-order valence-electron chi connectivity index (χ4n) is 2.16. The Morgan fingerprint density at radius 3 is 2.24 bits per heavy atom. The van der Waals surface area contributed by atoms with E-state index in [0.29, 0.717) is 5.56 Å². The average molecular weight is 368 g/mol. The summed E-state index contributed by atoms with van der Waals surface area (Å²) in [7, 11) is -3.84. The Morgan fingerprint density at radius 1 is 1.00 bits per heavy atom. The molecule has 2 atom stereocenters. The molecule has 5 nitrogen and oxygen atoms in total. The summed E-state index contributed by atoms with van der Waals surface area (Å²) in [6, 6.07) is 9.29. The van der Waals surface area contributed by atoms with Gasteiger partial charge < -0.3 is 5.32 Å². The molecular weight excluding hydrogens is 350 g/mol. The van der Waals surface area contributed by atoms with Crippen molar-refractivity contribution in [2.45, 2.75) is 30.8 Å². The Kier molecular flexibility index (Phi) is 5.86. The molecule has 1 amide bonds. The molecule has 0 radical (unpaired) electrons. The first kappa shape index (κ1) is 19.0. The van der Waals surface area contributed by atoms with Gasteiger partial charge in [0.05, 0.1) is 17.0 Å². The van der Waals surface area contributed by atoms with Crippen LogP contribution in [-0.2, 0) is 14.8 Å². The van der Waals surface area contributed by atoms with Crippen molar-refractivity contribution < 1.29 is 22.0 Å². The van der Waals surface area contributed by atoms with Gasteiger partial charge in [0.2, 0.25) is 15.9 Å². The number of hydrogen-bond donors (Lipinski definition) is 2. The second-order valence-corrected chi connectivity index (χ2v) is 7.27. The molecule has 0 aliphatic carbocycles. The summed E-state index contributed by atoms with van der Waals surface area (Å²) < 4.78 is 52.9. The molecule has 0 saturated heterocycles. The molecule has 0 saturated carbocycles. The van der Waals surface area contributed by atoms with Gasteiger partial charge >= 0.3 is 0 Å². The smallest absolute Gasteiger partial charge is 0.241 e. The highest BCUT2D eigenvalue weighted by atomic mass is 32.2. The van der Waals surface area contributed by atoms with E-state index < -0.39 is 39.6 Å². The highest BCUT2D eigenvalue weighted by molar-refractivity contribution is 7.89. The van der Waals surface area contributed by atoms with E-state index >= 15 is 0 Å². The zero-order valence-electron chi connectivity index (χ0n) is 13.7. The number of hydrogen-bond acceptors (Lipinski definition) is 3. The first-order valence-electron chi connectivity index (χ1n) is 7.53. The van der Waals surface area contributed by atoms with E-state index in [9.17, 15) is 22.0 Å². The van der Waals surface area contributed by atoms with Crippen LogP contribution in [0.4, 0.5) is 8.78 Å². The van der Waals surface area contributed by atoms with Gasteiger partial charge in [0, 0.05) is 0 Å². The zero-order valence-corrected chi connectivity index (χ0v) is 14.5. The van der Waals surface area contributed by atoms with E-state index in [1.807, 2.05) is 0 Å². The van der Waals surface area contributed by atoms with Gasteiger partial charge in [-0.25, -0.2) is 17.2 Å². The van der Waals surface area contributed by atoms with E-state index in [0.717, 1.165) is 12.1 Å². The van der Waals surface area contributed by atoms with E-state index in [-0.39, 0.29) is 4.90 Å². The molecule has 25 heavy (non-hydrogen) atoms. The average Bonchev–Trinajstić information content (AvgIpc) is 2.57. The van der Waals surface area contributed by atoms with Crippen LogP contribution < -0.4 is 10.0 Å². The van der Waals surface area contributed by atoms with Crippen LogP contribution in [0.3, 0.4) is 0 Å². The summed E-state index contributed by atoms with van der Waals surface area (Å²) in [6.45, 7) is 2.98. The maximum absolute atomic E-state index is 13.3. The summed E-state index contributed by atoms with van der Waals surface area (Å²) in [6.07, 6.45) is 0. The Labute approximate surface area is 145 Å². The summed E-state index contributed by atoms with van der Waals surface area (Å²) in [5.74, 6) is -2.58. The summed E-state index contributed by atoms with van der Waals surface area (Å²) in [4.78, 5) is 12.2. The topological polar surface area (TPSA) is 75.3 Å². The minimum Gasteiger partial charge on any atom is -0.348 e. The normalized spacial score (nSPS) is 13.9. The van der Waals surface area contributed by atoms with Gasteiger partial charge in [-0.15, -0.1) is 0 Å². The molecule has 2 rings (SSSR count). The third kappa shape index (κ3) is 4.83. The van der Waals surface area contributed by atoms with Gasteiger partial charge in [-0.2, -0.15) is 4.72 Å². The van der Waals surface area contributed by atoms with E-state index in [2.05, 4.69) is 10.0 Å². The van der Waals surface area contributed by atoms with Crippen molar-refractivity contribution in [3.05, 3.63) is 65.7 Å². The van der Waals surface area contributed by atoms with E-state index in [1.165, 1.54) is 25.1 Å². The van der Waals surface area contributed by atoms with Crippen LogP contribution >= 0.6 is 0 Å². The van der Waals surface area contributed by atoms with Crippen LogP contribution in [0.15, 0.2) is 53.4 Å². The third-order valence-electron chi connectivity index (χ3n) is 3.58. The molecule has 2 aromatic rings. The van der Waals surface area contributed by atoms with Gasteiger partial charge in [0.1, 0.15) is 0 Å². The Hall–Kier alpha value is -2.32. The number of sulfonamides is 1. The first-order valence-corrected chi connectivity index (χ1v) is 9.01. The van der Waals surface area contributed by atoms with Crippen molar-refractivity contribution in [2.75, 3.05) is 0 Å². The van der Waals surface area contributed by atoms with Crippen LogP contribution in [0, 0.1) is 11.6 Å². The molecule has 2 aromatic carbocycles. The number of benzene rings is 2. The molecule has 0 aromatic heterocycles. The lowest BCUT2D eigenvalue weighted by Crippen LogP contribution is -2.45. The number of carbonyl (C=O) groups excluding carboxylic acids is 1. The number of nitrogens with one attached hydrogen (secondary N) is 2. The van der Waals surface area contributed by atoms with E-state index in [4.69, 9.17) is 0 Å². The maximum atomic E-state index is 13.3. The standard InChI is InChI=1S/C17H18F2N2O3S/c1-11(13-8-9-15(18)16(19)10-13)20-17(22)12(2)21-25(23,24)14-6-4-3-5-7-14/h3-12,21H,1-2H3,(H,20,22). The zero-order chi connectivity index (χ0) is 18.6. The number of rotatable bonds is 6. The monoisotopic (exact) mass is 368 g/mol. The molecule has 0 fully saturated rings. The molecule has 2 unspecified atom stereocenters. The fourth-order valence-corrected chi connectivity index (χ4v) is 3.38. The van der Waals surface area contributed by atoms with Gasteiger partial charge in [-0.05, 0) is 43.7 Å². The minimum atomic E-state index is -3.84. The quantitative estimate of drug-likeness (QED) is 0.823. The first-order chi connectivity index (χ1) is 11.7. The van der Waals surface area contributed by atoms with E-state index in [1.54, 1.807) is 25.1 Å². The van der Waals surface area contributed by atoms with Crippen LogP contribution in [0.1, 0.15) is 25.5 Å². The van der Waals surface area contributed by atoms with Gasteiger partial charge in [0.25, 0.3) is 0 Å².